The van der Waals surface area contributed by atoms with Gasteiger partial charge in [0.2, 0.25) is 5.88 Å². The van der Waals surface area contributed by atoms with Gasteiger partial charge in [-0.15, -0.1) is 0 Å². The minimum atomic E-state index is -0.532. The standard InChI is InChI=1S/C12H8ClF2NO/c1-17-12-5-7(4-11(13)16-12)9-6-8(14)2-3-10(9)15/h2-6H,1H3. The van der Waals surface area contributed by atoms with Crippen LogP contribution in [0.25, 0.3) is 11.1 Å². The first-order valence-corrected chi connectivity index (χ1v) is 5.15. The summed E-state index contributed by atoms with van der Waals surface area (Å²) in [6.07, 6.45) is 0. The first-order chi connectivity index (χ1) is 8.10. The highest BCUT2D eigenvalue weighted by Crippen LogP contribution is 2.28. The predicted octanol–water partition coefficient (Wildman–Crippen LogP) is 3.69. The van der Waals surface area contributed by atoms with Crippen molar-refractivity contribution >= 4 is 11.6 Å². The van der Waals surface area contributed by atoms with Crippen molar-refractivity contribution in [3.8, 4) is 17.0 Å². The van der Waals surface area contributed by atoms with E-state index in [9.17, 15) is 8.78 Å². The van der Waals surface area contributed by atoms with Crippen LogP contribution in [-0.2, 0) is 0 Å². The van der Waals surface area contributed by atoms with Crippen LogP contribution in [0.15, 0.2) is 30.3 Å². The van der Waals surface area contributed by atoms with Crippen LogP contribution >= 0.6 is 11.6 Å². The third kappa shape index (κ3) is 2.53. The van der Waals surface area contributed by atoms with Crippen molar-refractivity contribution in [3.05, 3.63) is 47.1 Å². The van der Waals surface area contributed by atoms with Gasteiger partial charge in [0.15, 0.2) is 0 Å². The topological polar surface area (TPSA) is 22.1 Å². The summed E-state index contributed by atoms with van der Waals surface area (Å²) in [5, 5.41) is 0.156. The number of rotatable bonds is 2. The fourth-order valence-electron chi connectivity index (χ4n) is 1.45. The van der Waals surface area contributed by atoms with E-state index in [0.717, 1.165) is 18.2 Å². The van der Waals surface area contributed by atoms with Gasteiger partial charge in [0.1, 0.15) is 16.8 Å². The molecular weight excluding hydrogens is 248 g/mol. The van der Waals surface area contributed by atoms with Crippen molar-refractivity contribution in [2.75, 3.05) is 7.11 Å². The molecule has 0 spiro atoms. The Morgan fingerprint density at radius 2 is 1.94 bits per heavy atom. The summed E-state index contributed by atoms with van der Waals surface area (Å²) in [7, 11) is 1.42. The molecule has 0 N–H and O–H groups in total. The molecule has 0 aliphatic rings. The molecule has 1 aromatic carbocycles. The van der Waals surface area contributed by atoms with Gasteiger partial charge in [-0.05, 0) is 29.8 Å². The van der Waals surface area contributed by atoms with Gasteiger partial charge in [-0.2, -0.15) is 0 Å². The Balaban J connectivity index is 2.59. The van der Waals surface area contributed by atoms with Crippen LogP contribution in [0.1, 0.15) is 0 Å². The Labute approximate surface area is 102 Å². The largest absolute Gasteiger partial charge is 0.481 e. The Bertz CT molecular complexity index is 560. The highest BCUT2D eigenvalue weighted by atomic mass is 35.5. The average molecular weight is 256 g/mol. The van der Waals surface area contributed by atoms with Gasteiger partial charge in [0.25, 0.3) is 0 Å². The van der Waals surface area contributed by atoms with Crippen molar-refractivity contribution in [2.24, 2.45) is 0 Å². The zero-order valence-electron chi connectivity index (χ0n) is 8.88. The summed E-state index contributed by atoms with van der Waals surface area (Å²) in [6, 6.07) is 6.15. The molecule has 88 valence electrons. The zero-order valence-corrected chi connectivity index (χ0v) is 9.63. The highest BCUT2D eigenvalue weighted by Gasteiger charge is 2.09. The molecular formula is C12H8ClF2NO. The first kappa shape index (κ1) is 11.8. The van der Waals surface area contributed by atoms with Crippen LogP contribution in [0, 0.1) is 11.6 Å². The van der Waals surface area contributed by atoms with Crippen LogP contribution in [0.3, 0.4) is 0 Å². The molecule has 0 fully saturated rings. The lowest BCUT2D eigenvalue weighted by atomic mass is 10.1. The van der Waals surface area contributed by atoms with Gasteiger partial charge < -0.3 is 4.74 Å². The van der Waals surface area contributed by atoms with E-state index in [1.165, 1.54) is 19.2 Å². The molecule has 0 aliphatic carbocycles. The van der Waals surface area contributed by atoms with Crippen LogP contribution < -0.4 is 4.74 Å². The monoisotopic (exact) mass is 255 g/mol. The Morgan fingerprint density at radius 3 is 2.65 bits per heavy atom. The highest BCUT2D eigenvalue weighted by molar-refractivity contribution is 6.29. The number of pyridine rings is 1. The van der Waals surface area contributed by atoms with E-state index in [-0.39, 0.29) is 16.6 Å². The number of methoxy groups -OCH3 is 1. The summed E-state index contributed by atoms with van der Waals surface area (Å²) in [4.78, 5) is 3.86. The number of aromatic nitrogens is 1. The van der Waals surface area contributed by atoms with E-state index in [0.29, 0.717) is 5.56 Å². The normalized spacial score (nSPS) is 10.4. The smallest absolute Gasteiger partial charge is 0.214 e. The molecule has 0 atom stereocenters. The van der Waals surface area contributed by atoms with E-state index < -0.39 is 11.6 Å². The van der Waals surface area contributed by atoms with Gasteiger partial charge >= 0.3 is 0 Å². The maximum Gasteiger partial charge on any atom is 0.214 e. The van der Waals surface area contributed by atoms with E-state index in [4.69, 9.17) is 16.3 Å². The molecule has 2 aromatic rings. The van der Waals surface area contributed by atoms with Crippen LogP contribution in [-0.4, -0.2) is 12.1 Å². The summed E-state index contributed by atoms with van der Waals surface area (Å²) in [6.45, 7) is 0. The molecule has 0 saturated heterocycles. The van der Waals surface area contributed by atoms with Crippen LogP contribution in [0.4, 0.5) is 8.78 Å². The van der Waals surface area contributed by atoms with Crippen molar-refractivity contribution in [2.45, 2.75) is 0 Å². The Hall–Kier alpha value is -1.68. The number of hydrogen-bond donors (Lipinski definition) is 0. The summed E-state index contributed by atoms with van der Waals surface area (Å²) in [5.41, 5.74) is 0.534. The fourth-order valence-corrected chi connectivity index (χ4v) is 1.65. The van der Waals surface area contributed by atoms with Crippen molar-refractivity contribution < 1.29 is 13.5 Å². The molecule has 0 saturated carbocycles. The van der Waals surface area contributed by atoms with E-state index >= 15 is 0 Å². The molecule has 0 aliphatic heterocycles. The minimum absolute atomic E-state index is 0.118. The van der Waals surface area contributed by atoms with Crippen LogP contribution in [0.2, 0.25) is 5.15 Å². The van der Waals surface area contributed by atoms with E-state index in [2.05, 4.69) is 4.98 Å². The second kappa shape index (κ2) is 4.67. The quantitative estimate of drug-likeness (QED) is 0.764. The molecule has 1 heterocycles. The Morgan fingerprint density at radius 1 is 1.18 bits per heavy atom. The number of ether oxygens (including phenoxy) is 1. The molecule has 2 nitrogen and oxygen atoms in total. The maximum absolute atomic E-state index is 13.6. The molecule has 0 radical (unpaired) electrons. The first-order valence-electron chi connectivity index (χ1n) is 4.77. The van der Waals surface area contributed by atoms with Gasteiger partial charge in [0, 0.05) is 11.6 Å². The molecule has 0 unspecified atom stereocenters. The third-order valence-electron chi connectivity index (χ3n) is 2.22. The van der Waals surface area contributed by atoms with Crippen molar-refractivity contribution in [1.29, 1.82) is 0 Å². The molecule has 1 aromatic heterocycles. The third-order valence-corrected chi connectivity index (χ3v) is 2.41. The number of nitrogens with zero attached hydrogens (tertiary/aromatic N) is 1. The van der Waals surface area contributed by atoms with Gasteiger partial charge in [0.05, 0.1) is 7.11 Å². The Kier molecular flexibility index (Phi) is 3.24. The lowest BCUT2D eigenvalue weighted by Crippen LogP contribution is -1.91. The lowest BCUT2D eigenvalue weighted by Gasteiger charge is -2.06. The summed E-state index contributed by atoms with van der Waals surface area (Å²) < 4.78 is 31.5. The predicted molar refractivity (Wildman–Crippen MR) is 61.2 cm³/mol. The maximum atomic E-state index is 13.6. The molecule has 17 heavy (non-hydrogen) atoms. The fraction of sp³-hybridized carbons (Fsp3) is 0.0833. The van der Waals surface area contributed by atoms with Gasteiger partial charge in [-0.3, -0.25) is 0 Å². The van der Waals surface area contributed by atoms with Gasteiger partial charge in [-0.25, -0.2) is 13.8 Å². The molecule has 0 amide bonds. The van der Waals surface area contributed by atoms with E-state index in [1.54, 1.807) is 0 Å². The average Bonchev–Trinajstić information content (AvgIpc) is 2.31. The summed E-state index contributed by atoms with van der Waals surface area (Å²) >= 11 is 5.76. The number of halogens is 3. The number of benzene rings is 1. The van der Waals surface area contributed by atoms with Crippen LogP contribution in [0.5, 0.6) is 5.88 Å². The summed E-state index contributed by atoms with van der Waals surface area (Å²) in [5.74, 6) is -0.805. The van der Waals surface area contributed by atoms with E-state index in [1.807, 2.05) is 0 Å². The lowest BCUT2D eigenvalue weighted by molar-refractivity contribution is 0.398. The molecule has 0 bridgehead atoms. The SMILES string of the molecule is COc1cc(-c2cc(F)ccc2F)cc(Cl)n1. The van der Waals surface area contributed by atoms with Gasteiger partial charge in [-0.1, -0.05) is 11.6 Å². The second-order valence-corrected chi connectivity index (χ2v) is 3.73. The van der Waals surface area contributed by atoms with Crippen molar-refractivity contribution in [1.82, 2.24) is 4.98 Å². The minimum Gasteiger partial charge on any atom is -0.481 e. The van der Waals surface area contributed by atoms with Crippen molar-refractivity contribution in [3.63, 3.8) is 0 Å². The second-order valence-electron chi connectivity index (χ2n) is 3.35. The zero-order chi connectivity index (χ0) is 12.4. The molecule has 5 heteroatoms. The number of hydrogen-bond acceptors (Lipinski definition) is 2. The molecule has 2 rings (SSSR count).